The quantitative estimate of drug-likeness (QED) is 0.495. The lowest BCUT2D eigenvalue weighted by Gasteiger charge is -2.47. The minimum atomic E-state index is -2.07. The molecule has 2 aliphatic rings. The lowest BCUT2D eigenvalue weighted by molar-refractivity contribution is -0.147. The molecule has 0 aromatic heterocycles. The third-order valence-corrected chi connectivity index (χ3v) is 11.8. The molecule has 5 atom stereocenters. The van der Waals surface area contributed by atoms with Crippen molar-refractivity contribution in [3.05, 3.63) is 35.9 Å². The zero-order chi connectivity index (χ0) is 23.8. The van der Waals surface area contributed by atoms with Gasteiger partial charge in [-0.05, 0) is 37.0 Å². The van der Waals surface area contributed by atoms with E-state index in [4.69, 9.17) is 9.16 Å². The van der Waals surface area contributed by atoms with Crippen LogP contribution in [0.4, 0.5) is 4.79 Å². The Balaban J connectivity index is 1.71. The van der Waals surface area contributed by atoms with E-state index in [1.54, 1.807) is 6.92 Å². The van der Waals surface area contributed by atoms with E-state index in [1.165, 1.54) is 4.90 Å². The molecule has 0 bridgehead atoms. The number of hydrogen-bond donors (Lipinski definition) is 1. The molecule has 7 nitrogen and oxygen atoms in total. The Kier molecular flexibility index (Phi) is 6.86. The molecular weight excluding hydrogens is 424 g/mol. The molecular formula is C24H36N2O5Si. The first-order valence-corrected chi connectivity index (χ1v) is 14.3. The zero-order valence-electron chi connectivity index (χ0n) is 20.2. The van der Waals surface area contributed by atoms with E-state index in [0.29, 0.717) is 6.42 Å². The number of amides is 3. The van der Waals surface area contributed by atoms with E-state index in [-0.39, 0.29) is 41.6 Å². The monoisotopic (exact) mass is 460 g/mol. The van der Waals surface area contributed by atoms with E-state index < -0.39 is 26.2 Å². The summed E-state index contributed by atoms with van der Waals surface area (Å²) in [6.45, 7) is 14.6. The first kappa shape index (κ1) is 24.4. The molecule has 176 valence electrons. The largest absolute Gasteiger partial charge is 0.447 e. The molecule has 3 amide bonds. The van der Waals surface area contributed by atoms with Crippen LogP contribution in [0.1, 0.15) is 40.2 Å². The van der Waals surface area contributed by atoms with E-state index >= 15 is 0 Å². The van der Waals surface area contributed by atoms with Crippen LogP contribution in [0.3, 0.4) is 0 Å². The van der Waals surface area contributed by atoms with Gasteiger partial charge in [0.1, 0.15) is 6.61 Å². The number of β-lactam (4-membered cyclic amide) rings is 1. The molecule has 1 aromatic carbocycles. The summed E-state index contributed by atoms with van der Waals surface area (Å²) in [5.41, 5.74) is 1.03. The van der Waals surface area contributed by atoms with Crippen molar-refractivity contribution in [2.24, 2.45) is 11.8 Å². The summed E-state index contributed by atoms with van der Waals surface area (Å²) >= 11 is 0. The Labute approximate surface area is 192 Å². The fourth-order valence-corrected chi connectivity index (χ4v) is 5.64. The van der Waals surface area contributed by atoms with Gasteiger partial charge in [-0.1, -0.05) is 58.0 Å². The minimum Gasteiger partial charge on any atom is -0.447 e. The number of nitrogens with zero attached hydrogens (tertiary/aromatic N) is 1. The summed E-state index contributed by atoms with van der Waals surface area (Å²) in [5.74, 6) is -1.41. The Morgan fingerprint density at radius 1 is 1.22 bits per heavy atom. The van der Waals surface area contributed by atoms with Crippen molar-refractivity contribution in [1.82, 2.24) is 10.2 Å². The number of nitrogens with one attached hydrogen (secondary N) is 1. The van der Waals surface area contributed by atoms with Crippen molar-refractivity contribution in [2.75, 3.05) is 6.61 Å². The summed E-state index contributed by atoms with van der Waals surface area (Å²) < 4.78 is 11.7. The topological polar surface area (TPSA) is 84.9 Å². The Morgan fingerprint density at radius 2 is 1.84 bits per heavy atom. The summed E-state index contributed by atoms with van der Waals surface area (Å²) in [4.78, 5) is 39.4. The molecule has 0 unspecified atom stereocenters. The van der Waals surface area contributed by atoms with Crippen LogP contribution in [0.25, 0.3) is 0 Å². The number of rotatable bonds is 7. The number of ether oxygens (including phenoxy) is 1. The first-order valence-electron chi connectivity index (χ1n) is 11.4. The standard InChI is InChI=1S/C24H36N2O5Si/c1-15(20-19(21(27)25-20)16(2)31-32(6,7)24(3,4)5)22(28)26-18(14-30-23(26)29)13-17-11-9-8-10-12-17/h8-12,15-16,18-20H,13-14H2,1-7H3,(H,25,27)/t15-,16+,18-,19+,20+/m0/s1. The zero-order valence-corrected chi connectivity index (χ0v) is 21.2. The van der Waals surface area contributed by atoms with E-state index in [1.807, 2.05) is 37.3 Å². The highest BCUT2D eigenvalue weighted by molar-refractivity contribution is 6.74. The van der Waals surface area contributed by atoms with Crippen LogP contribution >= 0.6 is 0 Å². The van der Waals surface area contributed by atoms with Crippen LogP contribution in [0.15, 0.2) is 30.3 Å². The maximum atomic E-state index is 13.4. The van der Waals surface area contributed by atoms with E-state index in [2.05, 4.69) is 39.2 Å². The van der Waals surface area contributed by atoms with Gasteiger partial charge in [0.15, 0.2) is 8.32 Å². The van der Waals surface area contributed by atoms with Crippen molar-refractivity contribution in [3.63, 3.8) is 0 Å². The number of carbonyl (C=O) groups is 3. The Hall–Kier alpha value is -2.19. The molecule has 0 saturated carbocycles. The van der Waals surface area contributed by atoms with E-state index in [9.17, 15) is 14.4 Å². The predicted octanol–water partition coefficient (Wildman–Crippen LogP) is 3.74. The number of imide groups is 1. The third kappa shape index (κ3) is 4.76. The fraction of sp³-hybridized carbons (Fsp3) is 0.625. The molecule has 0 aliphatic carbocycles. The number of cyclic esters (lactones) is 1. The fourth-order valence-electron chi connectivity index (χ4n) is 4.21. The van der Waals surface area contributed by atoms with Gasteiger partial charge in [0.25, 0.3) is 0 Å². The first-order chi connectivity index (χ1) is 14.8. The predicted molar refractivity (Wildman–Crippen MR) is 124 cm³/mol. The van der Waals surface area contributed by atoms with Crippen molar-refractivity contribution in [2.45, 2.75) is 77.4 Å². The van der Waals surface area contributed by atoms with Gasteiger partial charge in [0.05, 0.1) is 30.0 Å². The SMILES string of the molecule is C[C@H](C(=O)N1C(=O)OC[C@@H]1Cc1ccccc1)[C@H]1NC(=O)[C@@H]1[C@@H](C)O[Si](C)(C)C(C)(C)C. The molecule has 2 saturated heterocycles. The third-order valence-electron chi connectivity index (χ3n) is 7.23. The lowest BCUT2D eigenvalue weighted by Crippen LogP contribution is -2.67. The van der Waals surface area contributed by atoms with Crippen molar-refractivity contribution < 1.29 is 23.5 Å². The van der Waals surface area contributed by atoms with Crippen LogP contribution < -0.4 is 5.32 Å². The van der Waals surface area contributed by atoms with Crippen molar-refractivity contribution in [3.8, 4) is 0 Å². The minimum absolute atomic E-state index is 0.0163. The van der Waals surface area contributed by atoms with Gasteiger partial charge in [-0.2, -0.15) is 0 Å². The van der Waals surface area contributed by atoms with Gasteiger partial charge < -0.3 is 14.5 Å². The molecule has 0 radical (unpaired) electrons. The molecule has 8 heteroatoms. The van der Waals surface area contributed by atoms with Crippen molar-refractivity contribution in [1.29, 1.82) is 0 Å². The van der Waals surface area contributed by atoms with Gasteiger partial charge >= 0.3 is 6.09 Å². The summed E-state index contributed by atoms with van der Waals surface area (Å²) in [6.07, 6.45) is -0.387. The summed E-state index contributed by atoms with van der Waals surface area (Å²) in [7, 11) is -2.07. The van der Waals surface area contributed by atoms with Gasteiger partial charge in [-0.15, -0.1) is 0 Å². The second kappa shape index (κ2) is 8.98. The van der Waals surface area contributed by atoms with Gasteiger partial charge in [0, 0.05) is 0 Å². The van der Waals surface area contributed by atoms with E-state index in [0.717, 1.165) is 5.56 Å². The van der Waals surface area contributed by atoms with Crippen molar-refractivity contribution >= 4 is 26.2 Å². The second-order valence-electron chi connectivity index (χ2n) is 10.6. The maximum absolute atomic E-state index is 13.4. The Bertz CT molecular complexity index is 867. The molecule has 3 rings (SSSR count). The molecule has 0 spiro atoms. The average Bonchev–Trinajstić information content (AvgIpc) is 3.04. The smallest absolute Gasteiger partial charge is 0.416 e. The van der Waals surface area contributed by atoms with Gasteiger partial charge in [-0.3, -0.25) is 9.59 Å². The summed E-state index contributed by atoms with van der Waals surface area (Å²) in [5, 5.41) is 2.89. The van der Waals surface area contributed by atoms with Gasteiger partial charge in [0.2, 0.25) is 11.8 Å². The van der Waals surface area contributed by atoms with Crippen LogP contribution in [0.2, 0.25) is 18.1 Å². The molecule has 2 aliphatic heterocycles. The van der Waals surface area contributed by atoms with Crippen LogP contribution in [0.5, 0.6) is 0 Å². The molecule has 1 aromatic rings. The second-order valence-corrected chi connectivity index (χ2v) is 15.3. The van der Waals surface area contributed by atoms with Gasteiger partial charge in [-0.25, -0.2) is 9.69 Å². The molecule has 2 heterocycles. The Morgan fingerprint density at radius 3 is 2.41 bits per heavy atom. The summed E-state index contributed by atoms with van der Waals surface area (Å²) in [6, 6.07) is 9.00. The maximum Gasteiger partial charge on any atom is 0.416 e. The van der Waals surface area contributed by atoms with Crippen LogP contribution in [-0.4, -0.2) is 55.9 Å². The highest BCUT2D eigenvalue weighted by Crippen LogP contribution is 2.39. The average molecular weight is 461 g/mol. The highest BCUT2D eigenvalue weighted by atomic mass is 28.4. The highest BCUT2D eigenvalue weighted by Gasteiger charge is 2.52. The van der Waals surface area contributed by atoms with Crippen LogP contribution in [0, 0.1) is 11.8 Å². The number of benzene rings is 1. The molecule has 32 heavy (non-hydrogen) atoms. The normalized spacial score (nSPS) is 25.6. The molecule has 2 fully saturated rings. The van der Waals surface area contributed by atoms with Crippen LogP contribution in [-0.2, 0) is 25.2 Å². The number of carbonyl (C=O) groups excluding carboxylic acids is 3. The molecule has 1 N–H and O–H groups in total. The lowest BCUT2D eigenvalue weighted by atomic mass is 9.78. The number of hydrogen-bond acceptors (Lipinski definition) is 5.